The lowest BCUT2D eigenvalue weighted by Crippen LogP contribution is -2.36. The number of carbonyl (C=O) groups is 1. The van der Waals surface area contributed by atoms with Crippen molar-refractivity contribution in [1.29, 1.82) is 0 Å². The van der Waals surface area contributed by atoms with Crippen LogP contribution in [-0.2, 0) is 28.3 Å². The number of fused-ring (bicyclic) bond motifs is 1. The molecule has 0 aliphatic carbocycles. The van der Waals surface area contributed by atoms with Gasteiger partial charge in [0.2, 0.25) is 0 Å². The minimum atomic E-state index is -5.03. The van der Waals surface area contributed by atoms with Crippen molar-refractivity contribution in [3.05, 3.63) is 12.2 Å². The first kappa shape index (κ1) is 24.8. The summed E-state index contributed by atoms with van der Waals surface area (Å²) in [6.45, 7) is 1.78. The largest absolute Gasteiger partial charge is 0.464 e. The summed E-state index contributed by atoms with van der Waals surface area (Å²) >= 11 is 0. The highest BCUT2D eigenvalue weighted by molar-refractivity contribution is 7.53. The first-order chi connectivity index (χ1) is 16.1. The van der Waals surface area contributed by atoms with Gasteiger partial charge in [0.1, 0.15) is 23.8 Å². The highest BCUT2D eigenvalue weighted by Gasteiger charge is 2.46. The van der Waals surface area contributed by atoms with Gasteiger partial charge in [0.15, 0.2) is 29.7 Å². The van der Waals surface area contributed by atoms with E-state index in [0.717, 1.165) is 0 Å². The predicted octanol–water partition coefficient (Wildman–Crippen LogP) is -2.27. The Kier molecular flexibility index (Phi) is 7.14. The minimum Gasteiger partial charge on any atom is -0.464 e. The summed E-state index contributed by atoms with van der Waals surface area (Å²) in [5.74, 6) is -3.15. The number of nitrogen functional groups attached to an aromatic ring is 1. The number of nitrogens with two attached hydrogens (primary N) is 1. The van der Waals surface area contributed by atoms with Gasteiger partial charge in [-0.2, -0.15) is 0 Å². The molecule has 34 heavy (non-hydrogen) atoms. The molecule has 0 radical (unpaired) electrons. The van der Waals surface area contributed by atoms with E-state index in [9.17, 15) is 29.4 Å². The first-order valence-corrected chi connectivity index (χ1v) is 12.0. The van der Waals surface area contributed by atoms with Crippen molar-refractivity contribution in [3.8, 4) is 0 Å². The van der Waals surface area contributed by atoms with E-state index in [1.165, 1.54) is 17.8 Å². The molecule has 16 nitrogen and oxygen atoms in total. The van der Waals surface area contributed by atoms with Crippen LogP contribution in [0.5, 0.6) is 0 Å². The van der Waals surface area contributed by atoms with Gasteiger partial charge in [-0.1, -0.05) is 0 Å². The van der Waals surface area contributed by atoms with E-state index in [0.29, 0.717) is 13.2 Å². The van der Waals surface area contributed by atoms with Gasteiger partial charge in [0, 0.05) is 6.54 Å². The van der Waals surface area contributed by atoms with Crippen molar-refractivity contribution < 1.29 is 48.3 Å². The molecule has 2 aromatic heterocycles. The average molecular weight is 504 g/mol. The fraction of sp³-hybridized carbons (Fsp3) is 0.647. The number of aromatic nitrogens is 4. The zero-order valence-corrected chi connectivity index (χ0v) is 18.8. The van der Waals surface area contributed by atoms with E-state index in [1.807, 2.05) is 0 Å². The Hall–Kier alpha value is -2.27. The molecule has 0 aromatic carbocycles. The number of hydrogen-bond acceptors (Lipinski definition) is 13. The molecular formula is C17H25N6O10P. The summed E-state index contributed by atoms with van der Waals surface area (Å²) in [6.07, 6.45) is -4.76. The molecule has 4 heterocycles. The molecule has 0 spiro atoms. The third-order valence-corrected chi connectivity index (χ3v) is 6.21. The van der Waals surface area contributed by atoms with Gasteiger partial charge < -0.3 is 44.7 Å². The molecule has 6 atom stereocenters. The van der Waals surface area contributed by atoms with Crippen molar-refractivity contribution >= 4 is 30.5 Å². The van der Waals surface area contributed by atoms with Crippen molar-refractivity contribution in [1.82, 2.24) is 24.8 Å². The highest BCUT2D eigenvalue weighted by atomic mass is 31.2. The Morgan fingerprint density at radius 2 is 2.15 bits per heavy atom. The van der Waals surface area contributed by atoms with Crippen LogP contribution < -0.4 is 11.1 Å². The molecule has 17 heteroatoms. The molecule has 0 amide bonds. The van der Waals surface area contributed by atoms with E-state index >= 15 is 0 Å². The number of nitrogens with one attached hydrogen (secondary N) is 1. The predicted molar refractivity (Wildman–Crippen MR) is 111 cm³/mol. The molecule has 2 aromatic rings. The zero-order chi connectivity index (χ0) is 24.6. The smallest absolute Gasteiger partial charge is 0.365 e. The van der Waals surface area contributed by atoms with E-state index < -0.39 is 56.8 Å². The molecule has 0 unspecified atom stereocenters. The summed E-state index contributed by atoms with van der Waals surface area (Å²) in [4.78, 5) is 43.4. The van der Waals surface area contributed by atoms with Gasteiger partial charge in [-0.3, -0.25) is 14.4 Å². The van der Waals surface area contributed by atoms with Crippen molar-refractivity contribution in [2.45, 2.75) is 43.5 Å². The Balaban J connectivity index is 1.55. The summed E-state index contributed by atoms with van der Waals surface area (Å²) in [5, 5.41) is 24.1. The first-order valence-electron chi connectivity index (χ1n) is 10.3. The number of aliphatic hydroxyl groups is 2. The topological polar surface area (TPSA) is 234 Å². The molecule has 4 rings (SSSR count). The molecule has 0 bridgehead atoms. The molecular weight excluding hydrogens is 479 g/mol. The van der Waals surface area contributed by atoms with E-state index in [4.69, 9.17) is 19.9 Å². The molecule has 2 aliphatic rings. The number of hydrogen-bond donors (Lipinski definition) is 6. The van der Waals surface area contributed by atoms with Crippen LogP contribution >= 0.6 is 7.60 Å². The second kappa shape index (κ2) is 9.77. The number of ether oxygens (including phenoxy) is 4. The third-order valence-electron chi connectivity index (χ3n) is 5.24. The van der Waals surface area contributed by atoms with Crippen LogP contribution in [0.15, 0.2) is 6.33 Å². The summed E-state index contributed by atoms with van der Waals surface area (Å²) < 4.78 is 33.8. The molecule has 0 saturated carbocycles. The minimum absolute atomic E-state index is 0.0721. The van der Waals surface area contributed by atoms with Crippen molar-refractivity contribution in [2.75, 3.05) is 32.1 Å². The van der Waals surface area contributed by atoms with Crippen LogP contribution in [-0.4, -0.2) is 96.0 Å². The van der Waals surface area contributed by atoms with Crippen LogP contribution in [0.1, 0.15) is 25.2 Å². The van der Waals surface area contributed by atoms with Crippen LogP contribution in [0.3, 0.4) is 0 Å². The molecule has 7 N–H and O–H groups in total. The Morgan fingerprint density at radius 3 is 2.79 bits per heavy atom. The zero-order valence-electron chi connectivity index (χ0n) is 17.9. The maximum absolute atomic E-state index is 11.9. The van der Waals surface area contributed by atoms with Gasteiger partial charge in [-0.15, -0.1) is 0 Å². The maximum atomic E-state index is 11.9. The highest BCUT2D eigenvalue weighted by Crippen LogP contribution is 2.43. The lowest BCUT2D eigenvalue weighted by atomic mass is 10.1. The second-order valence-corrected chi connectivity index (χ2v) is 9.22. The monoisotopic (exact) mass is 504 g/mol. The maximum Gasteiger partial charge on any atom is 0.365 e. The Morgan fingerprint density at radius 1 is 1.38 bits per heavy atom. The van der Waals surface area contributed by atoms with Crippen LogP contribution in [0.2, 0.25) is 0 Å². The van der Waals surface area contributed by atoms with Crippen LogP contribution in [0, 0.1) is 0 Å². The number of rotatable bonds is 8. The Bertz CT molecular complexity index is 1090. The fourth-order valence-electron chi connectivity index (χ4n) is 3.65. The number of esters is 1. The number of anilines is 1. The second-order valence-electron chi connectivity index (χ2n) is 7.57. The van der Waals surface area contributed by atoms with Crippen molar-refractivity contribution in [3.63, 3.8) is 0 Å². The van der Waals surface area contributed by atoms with E-state index in [-0.39, 0.29) is 29.4 Å². The number of nitrogens with zero attached hydrogens (tertiary/aromatic N) is 4. The standard InChI is InChI=1S/C17H25N6O10P/c1-2-30-16(26)17(34(27,28)29)32-5-7-9(24)10(25)15(33-7)23-6-20-8-11(18)21-12(22-13(8)23)14-19-3-4-31-14/h6-7,9-10,14-15,17,19,24-25H,2-5H2,1H3,(H2,18,21,22)(H2,27,28,29)/t7-,9-,10-,14-,15-,17-/m1/s1. The van der Waals surface area contributed by atoms with Gasteiger partial charge in [-0.25, -0.2) is 19.7 Å². The van der Waals surface area contributed by atoms with Gasteiger partial charge in [0.25, 0.3) is 5.85 Å². The molecule has 2 fully saturated rings. The van der Waals surface area contributed by atoms with Gasteiger partial charge in [0.05, 0.1) is 26.1 Å². The summed E-state index contributed by atoms with van der Waals surface area (Å²) in [6, 6.07) is 0. The average Bonchev–Trinajstić information content (AvgIpc) is 3.49. The quantitative estimate of drug-likeness (QED) is 0.164. The molecule has 2 saturated heterocycles. The van der Waals surface area contributed by atoms with Gasteiger partial charge >= 0.3 is 13.6 Å². The third kappa shape index (κ3) is 4.77. The fourth-order valence-corrected chi connectivity index (χ4v) is 4.28. The number of imidazole rings is 1. The SMILES string of the molecule is CCOC(=O)[C@H](OC[C@H]1O[C@@H](n2cnc3c(N)nc([C@@H]4NCCO4)nc32)[C@H](O)[C@@H]1O)P(=O)(O)O. The summed E-state index contributed by atoms with van der Waals surface area (Å²) in [7, 11) is -5.03. The number of carbonyl (C=O) groups excluding carboxylic acids is 1. The van der Waals surface area contributed by atoms with E-state index in [1.54, 1.807) is 0 Å². The number of aliphatic hydroxyl groups excluding tert-OH is 2. The van der Waals surface area contributed by atoms with Crippen molar-refractivity contribution in [2.24, 2.45) is 0 Å². The lowest BCUT2D eigenvalue weighted by molar-refractivity contribution is -0.155. The molecule has 2 aliphatic heterocycles. The molecule has 188 valence electrons. The van der Waals surface area contributed by atoms with E-state index in [2.05, 4.69) is 25.0 Å². The normalized spacial score (nSPS) is 28.4. The van der Waals surface area contributed by atoms with Gasteiger partial charge in [-0.05, 0) is 6.92 Å². The lowest BCUT2D eigenvalue weighted by Gasteiger charge is -2.21. The Labute approximate surface area is 192 Å². The van der Waals surface area contributed by atoms with Crippen LogP contribution in [0.4, 0.5) is 5.82 Å². The van der Waals surface area contributed by atoms with Crippen LogP contribution in [0.25, 0.3) is 11.2 Å². The summed E-state index contributed by atoms with van der Waals surface area (Å²) in [5.41, 5.74) is 6.44.